The molecule has 2 aromatic rings. The van der Waals surface area contributed by atoms with Gasteiger partial charge in [0.1, 0.15) is 0 Å². The van der Waals surface area contributed by atoms with Crippen molar-refractivity contribution in [3.05, 3.63) is 45.9 Å². The number of carboxylic acids is 1. The number of nitrogens with zero attached hydrogens (tertiary/aromatic N) is 2. The van der Waals surface area contributed by atoms with Crippen molar-refractivity contribution < 1.29 is 9.90 Å². The van der Waals surface area contributed by atoms with Crippen molar-refractivity contribution in [3.8, 4) is 0 Å². The highest BCUT2D eigenvalue weighted by Crippen LogP contribution is 2.26. The van der Waals surface area contributed by atoms with Gasteiger partial charge in [-0.25, -0.2) is 4.98 Å². The summed E-state index contributed by atoms with van der Waals surface area (Å²) in [7, 11) is 0. The molecule has 21 heavy (non-hydrogen) atoms. The third kappa shape index (κ3) is 3.42. The van der Waals surface area contributed by atoms with Crippen LogP contribution in [0.4, 0.5) is 5.69 Å². The van der Waals surface area contributed by atoms with Gasteiger partial charge in [0.05, 0.1) is 17.1 Å². The first kappa shape index (κ1) is 14.1. The summed E-state index contributed by atoms with van der Waals surface area (Å²) in [5.41, 5.74) is 3.43. The van der Waals surface area contributed by atoms with Crippen molar-refractivity contribution in [1.82, 2.24) is 4.98 Å². The largest absolute Gasteiger partial charge is 0.481 e. The molecule has 0 atom stereocenters. The van der Waals surface area contributed by atoms with E-state index in [1.165, 1.54) is 17.7 Å². The molecule has 5 heteroatoms. The monoisotopic (exact) mass is 302 g/mol. The molecular formula is C16H18N2O2S. The minimum Gasteiger partial charge on any atom is -0.481 e. The van der Waals surface area contributed by atoms with Crippen LogP contribution in [0, 0.1) is 0 Å². The number of thiazole rings is 1. The van der Waals surface area contributed by atoms with E-state index in [2.05, 4.69) is 34.1 Å². The molecular weight excluding hydrogens is 284 g/mol. The number of aromatic nitrogens is 1. The molecule has 4 nitrogen and oxygen atoms in total. The van der Waals surface area contributed by atoms with E-state index in [0.717, 1.165) is 30.9 Å². The minimum atomic E-state index is -0.822. The maximum atomic E-state index is 10.7. The van der Waals surface area contributed by atoms with Gasteiger partial charge in [0.15, 0.2) is 0 Å². The van der Waals surface area contributed by atoms with Crippen LogP contribution in [0.5, 0.6) is 0 Å². The first-order chi connectivity index (χ1) is 10.2. The predicted molar refractivity (Wildman–Crippen MR) is 84.1 cm³/mol. The van der Waals surface area contributed by atoms with Crippen LogP contribution in [0.15, 0.2) is 29.6 Å². The van der Waals surface area contributed by atoms with Gasteiger partial charge in [0, 0.05) is 30.6 Å². The molecule has 110 valence electrons. The summed E-state index contributed by atoms with van der Waals surface area (Å²) >= 11 is 1.56. The van der Waals surface area contributed by atoms with E-state index < -0.39 is 5.97 Å². The van der Waals surface area contributed by atoms with Gasteiger partial charge in [-0.15, -0.1) is 11.3 Å². The fourth-order valence-electron chi connectivity index (χ4n) is 2.77. The highest BCUT2D eigenvalue weighted by atomic mass is 32.1. The number of carbonyl (C=O) groups is 1. The lowest BCUT2D eigenvalue weighted by Crippen LogP contribution is -2.31. The number of rotatable bonds is 5. The Labute approximate surface area is 128 Å². The number of aliphatic carboxylic acids is 1. The van der Waals surface area contributed by atoms with Gasteiger partial charge in [-0.05, 0) is 24.5 Å². The zero-order valence-electron chi connectivity index (χ0n) is 11.8. The fourth-order valence-corrected chi connectivity index (χ4v) is 3.56. The van der Waals surface area contributed by atoms with Crippen LogP contribution in [0.1, 0.15) is 22.7 Å². The number of hydrogen-bond acceptors (Lipinski definition) is 4. The highest BCUT2D eigenvalue weighted by Gasteiger charge is 2.16. The Balaban J connectivity index is 1.63. The number of fused-ring (bicyclic) bond motifs is 1. The number of hydrogen-bond donors (Lipinski definition) is 1. The number of carboxylic acid groups (broad SMARTS) is 1. The Morgan fingerprint density at radius 2 is 2.24 bits per heavy atom. The zero-order valence-corrected chi connectivity index (χ0v) is 12.6. The minimum absolute atomic E-state index is 0.0169. The van der Waals surface area contributed by atoms with E-state index in [-0.39, 0.29) is 6.42 Å². The molecule has 1 aromatic carbocycles. The normalized spacial score (nSPS) is 14.0. The summed E-state index contributed by atoms with van der Waals surface area (Å²) in [5, 5.41) is 11.7. The first-order valence-corrected chi connectivity index (χ1v) is 8.08. The lowest BCUT2D eigenvalue weighted by molar-refractivity contribution is -0.136. The Morgan fingerprint density at radius 3 is 3.10 bits per heavy atom. The molecule has 3 rings (SSSR count). The maximum absolute atomic E-state index is 10.7. The molecule has 1 aliphatic rings. The third-order valence-corrected chi connectivity index (χ3v) is 4.69. The van der Waals surface area contributed by atoms with E-state index >= 15 is 0 Å². The van der Waals surface area contributed by atoms with Crippen molar-refractivity contribution in [2.75, 3.05) is 18.0 Å². The van der Waals surface area contributed by atoms with Crippen LogP contribution >= 0.6 is 11.3 Å². The van der Waals surface area contributed by atoms with Crippen molar-refractivity contribution in [3.63, 3.8) is 0 Å². The Hall–Kier alpha value is -1.88. The van der Waals surface area contributed by atoms with Crippen LogP contribution in [-0.2, 0) is 24.1 Å². The molecule has 0 fully saturated rings. The van der Waals surface area contributed by atoms with Gasteiger partial charge >= 0.3 is 5.97 Å². The molecule has 1 N–H and O–H groups in total. The van der Waals surface area contributed by atoms with Crippen LogP contribution in [0.25, 0.3) is 0 Å². The van der Waals surface area contributed by atoms with Crippen molar-refractivity contribution in [2.24, 2.45) is 0 Å². The third-order valence-electron chi connectivity index (χ3n) is 3.73. The van der Waals surface area contributed by atoms with Gasteiger partial charge in [0.25, 0.3) is 0 Å². The van der Waals surface area contributed by atoms with Crippen LogP contribution in [0.3, 0.4) is 0 Å². The Bertz CT molecular complexity index is 639. The summed E-state index contributed by atoms with van der Waals surface area (Å²) < 4.78 is 0. The van der Waals surface area contributed by atoms with Gasteiger partial charge in [-0.3, -0.25) is 4.79 Å². The van der Waals surface area contributed by atoms with E-state index in [4.69, 9.17) is 5.11 Å². The molecule has 2 heterocycles. The Morgan fingerprint density at radius 1 is 1.38 bits per heavy atom. The van der Waals surface area contributed by atoms with Crippen LogP contribution in [0.2, 0.25) is 0 Å². The first-order valence-electron chi connectivity index (χ1n) is 7.20. The molecule has 0 saturated heterocycles. The standard InChI is InChI=1S/C16H18N2O2S/c19-16(20)10-13-11-21-15(17-13)7-9-18-8-3-5-12-4-1-2-6-14(12)18/h1-2,4,6,11H,3,5,7-10H2,(H,19,20). The molecule has 1 aliphatic heterocycles. The number of benzene rings is 1. The molecule has 0 spiro atoms. The number of anilines is 1. The smallest absolute Gasteiger partial charge is 0.309 e. The molecule has 0 amide bonds. The summed E-state index contributed by atoms with van der Waals surface area (Å²) in [6.45, 7) is 2.03. The average Bonchev–Trinajstić information content (AvgIpc) is 2.92. The molecule has 0 aliphatic carbocycles. The number of para-hydroxylation sites is 1. The zero-order chi connectivity index (χ0) is 14.7. The van der Waals surface area contributed by atoms with Gasteiger partial charge in [-0.1, -0.05) is 18.2 Å². The summed E-state index contributed by atoms with van der Waals surface area (Å²) in [6, 6.07) is 8.58. The van der Waals surface area contributed by atoms with Crippen molar-refractivity contribution in [1.29, 1.82) is 0 Å². The number of aryl methyl sites for hydroxylation is 1. The lowest BCUT2D eigenvalue weighted by atomic mass is 10.0. The van der Waals surface area contributed by atoms with E-state index in [0.29, 0.717) is 5.69 Å². The summed E-state index contributed by atoms with van der Waals surface area (Å²) in [4.78, 5) is 17.5. The quantitative estimate of drug-likeness (QED) is 0.923. The molecule has 0 saturated carbocycles. The molecule has 0 radical (unpaired) electrons. The van der Waals surface area contributed by atoms with E-state index in [1.807, 2.05) is 5.38 Å². The van der Waals surface area contributed by atoms with Crippen LogP contribution < -0.4 is 4.90 Å². The van der Waals surface area contributed by atoms with E-state index in [9.17, 15) is 4.79 Å². The SMILES string of the molecule is O=C(O)Cc1csc(CCN2CCCc3ccccc32)n1. The van der Waals surface area contributed by atoms with Crippen molar-refractivity contribution >= 4 is 23.0 Å². The van der Waals surface area contributed by atoms with Crippen molar-refractivity contribution in [2.45, 2.75) is 25.7 Å². The molecule has 0 bridgehead atoms. The van der Waals surface area contributed by atoms with Crippen LogP contribution in [-0.4, -0.2) is 29.1 Å². The summed E-state index contributed by atoms with van der Waals surface area (Å²) in [5.74, 6) is -0.822. The lowest BCUT2D eigenvalue weighted by Gasteiger charge is -2.31. The second-order valence-electron chi connectivity index (χ2n) is 5.27. The Kier molecular flexibility index (Phi) is 4.20. The maximum Gasteiger partial charge on any atom is 0.309 e. The second kappa shape index (κ2) is 6.26. The van der Waals surface area contributed by atoms with Gasteiger partial charge in [-0.2, -0.15) is 0 Å². The average molecular weight is 302 g/mol. The molecule has 1 aromatic heterocycles. The van der Waals surface area contributed by atoms with E-state index in [1.54, 1.807) is 11.3 Å². The highest BCUT2D eigenvalue weighted by molar-refractivity contribution is 7.09. The van der Waals surface area contributed by atoms with Gasteiger partial charge in [0.2, 0.25) is 0 Å². The molecule has 0 unspecified atom stereocenters. The topological polar surface area (TPSA) is 53.4 Å². The predicted octanol–water partition coefficient (Wildman–Crippen LogP) is 2.77. The fraction of sp³-hybridized carbons (Fsp3) is 0.375. The van der Waals surface area contributed by atoms with Gasteiger partial charge < -0.3 is 10.0 Å². The second-order valence-corrected chi connectivity index (χ2v) is 6.22. The summed E-state index contributed by atoms with van der Waals surface area (Å²) in [6.07, 6.45) is 3.24.